The Labute approximate surface area is 131 Å². The molecule has 0 radical (unpaired) electrons. The lowest BCUT2D eigenvalue weighted by Gasteiger charge is -2.37. The van der Waals surface area contributed by atoms with Gasteiger partial charge in [0.15, 0.2) is 5.78 Å². The summed E-state index contributed by atoms with van der Waals surface area (Å²) in [6, 6.07) is 1.77. The maximum Gasteiger partial charge on any atom is 0.169 e. The summed E-state index contributed by atoms with van der Waals surface area (Å²) < 4.78 is 33.3. The van der Waals surface area contributed by atoms with E-state index in [2.05, 4.69) is 0 Å². The van der Waals surface area contributed by atoms with Gasteiger partial charge in [-0.1, -0.05) is 11.6 Å². The summed E-state index contributed by atoms with van der Waals surface area (Å²) in [5.74, 6) is -0.290. The number of Topliss-reactive ketones (excluding diaryl/α,β-unsaturated/α-hetero) is 1. The molecule has 1 spiro atoms. The van der Waals surface area contributed by atoms with E-state index in [0.717, 1.165) is 30.1 Å². The van der Waals surface area contributed by atoms with Gasteiger partial charge >= 0.3 is 0 Å². The molecular formula is C15H15ClF2O2S. The summed E-state index contributed by atoms with van der Waals surface area (Å²) in [6.07, 6.45) is 2.05. The topological polar surface area (TPSA) is 26.3 Å². The van der Waals surface area contributed by atoms with Gasteiger partial charge in [-0.05, 0) is 37.1 Å². The van der Waals surface area contributed by atoms with E-state index in [-0.39, 0.29) is 27.9 Å². The number of carbonyl (C=O) groups excluding carboxylic acids is 1. The van der Waals surface area contributed by atoms with Crippen LogP contribution in [0.5, 0.6) is 0 Å². The Balaban J connectivity index is 1.83. The second kappa shape index (κ2) is 5.86. The summed E-state index contributed by atoms with van der Waals surface area (Å²) in [5, 5.41) is -0.306. The maximum atomic E-state index is 13.9. The Morgan fingerprint density at radius 1 is 1.38 bits per heavy atom. The first-order chi connectivity index (χ1) is 10.0. The van der Waals surface area contributed by atoms with Crippen molar-refractivity contribution in [3.05, 3.63) is 34.4 Å². The molecule has 0 bridgehead atoms. The van der Waals surface area contributed by atoms with E-state index in [4.69, 9.17) is 16.3 Å². The molecule has 0 amide bonds. The lowest BCUT2D eigenvalue weighted by atomic mass is 9.81. The van der Waals surface area contributed by atoms with Crippen LogP contribution >= 0.6 is 23.4 Å². The van der Waals surface area contributed by atoms with E-state index in [0.29, 0.717) is 19.4 Å². The molecule has 2 unspecified atom stereocenters. The SMILES string of the molecule is O=C(c1cc(F)c(Cl)cc1F)C1CCOC2(CCSC2)C1. The molecule has 2 fully saturated rings. The summed E-state index contributed by atoms with van der Waals surface area (Å²) in [7, 11) is 0. The van der Waals surface area contributed by atoms with Gasteiger partial charge in [0, 0.05) is 18.3 Å². The molecule has 21 heavy (non-hydrogen) atoms. The number of thioether (sulfide) groups is 1. The van der Waals surface area contributed by atoms with E-state index in [1.54, 1.807) is 0 Å². The lowest BCUT2D eigenvalue weighted by molar-refractivity contribution is -0.0735. The van der Waals surface area contributed by atoms with Crippen molar-refractivity contribution in [2.24, 2.45) is 5.92 Å². The van der Waals surface area contributed by atoms with E-state index < -0.39 is 11.6 Å². The third-order valence-electron chi connectivity index (χ3n) is 4.21. The van der Waals surface area contributed by atoms with Gasteiger partial charge in [0.25, 0.3) is 0 Å². The van der Waals surface area contributed by atoms with Crippen molar-refractivity contribution in [1.29, 1.82) is 0 Å². The first-order valence-corrected chi connectivity index (χ1v) is 8.44. The minimum atomic E-state index is -0.764. The van der Waals surface area contributed by atoms with Crippen molar-refractivity contribution in [2.45, 2.75) is 24.9 Å². The highest BCUT2D eigenvalue weighted by molar-refractivity contribution is 7.99. The number of halogens is 3. The van der Waals surface area contributed by atoms with Crippen molar-refractivity contribution >= 4 is 29.1 Å². The average Bonchev–Trinajstić information content (AvgIpc) is 2.90. The van der Waals surface area contributed by atoms with Crippen molar-refractivity contribution < 1.29 is 18.3 Å². The van der Waals surface area contributed by atoms with Gasteiger partial charge in [-0.25, -0.2) is 8.78 Å². The molecule has 2 saturated heterocycles. The zero-order valence-corrected chi connectivity index (χ0v) is 12.9. The van der Waals surface area contributed by atoms with Crippen molar-refractivity contribution in [3.8, 4) is 0 Å². The van der Waals surface area contributed by atoms with Crippen LogP contribution < -0.4 is 0 Å². The van der Waals surface area contributed by atoms with Crippen LogP contribution in [0.1, 0.15) is 29.6 Å². The van der Waals surface area contributed by atoms with Crippen LogP contribution in [0, 0.1) is 17.6 Å². The zero-order valence-electron chi connectivity index (χ0n) is 11.3. The van der Waals surface area contributed by atoms with Crippen LogP contribution in [0.25, 0.3) is 0 Å². The van der Waals surface area contributed by atoms with Crippen LogP contribution in [0.4, 0.5) is 8.78 Å². The molecule has 2 nitrogen and oxygen atoms in total. The molecule has 2 aliphatic heterocycles. The Kier molecular flexibility index (Phi) is 4.26. The molecule has 0 aliphatic carbocycles. The van der Waals surface area contributed by atoms with Gasteiger partial charge in [-0.15, -0.1) is 0 Å². The number of hydrogen-bond acceptors (Lipinski definition) is 3. The molecule has 114 valence electrons. The Morgan fingerprint density at radius 3 is 2.90 bits per heavy atom. The zero-order chi connectivity index (χ0) is 15.0. The normalized spacial score (nSPS) is 29.0. The third kappa shape index (κ3) is 2.96. The molecule has 0 N–H and O–H groups in total. The smallest absolute Gasteiger partial charge is 0.169 e. The van der Waals surface area contributed by atoms with Crippen molar-refractivity contribution in [1.82, 2.24) is 0 Å². The number of ether oxygens (including phenoxy) is 1. The van der Waals surface area contributed by atoms with Crippen molar-refractivity contribution in [2.75, 3.05) is 18.1 Å². The van der Waals surface area contributed by atoms with E-state index in [1.165, 1.54) is 0 Å². The highest BCUT2D eigenvalue weighted by Crippen LogP contribution is 2.41. The van der Waals surface area contributed by atoms with Gasteiger partial charge < -0.3 is 4.74 Å². The van der Waals surface area contributed by atoms with Crippen LogP contribution in [0.2, 0.25) is 5.02 Å². The molecular weight excluding hydrogens is 318 g/mol. The molecule has 6 heteroatoms. The monoisotopic (exact) mass is 332 g/mol. The third-order valence-corrected chi connectivity index (χ3v) is 5.72. The Hall–Kier alpha value is -0.650. The van der Waals surface area contributed by atoms with Crippen LogP contribution in [0.3, 0.4) is 0 Å². The van der Waals surface area contributed by atoms with Gasteiger partial charge in [-0.2, -0.15) is 11.8 Å². The number of ketones is 1. The highest BCUT2D eigenvalue weighted by Gasteiger charge is 2.42. The Morgan fingerprint density at radius 2 is 2.19 bits per heavy atom. The molecule has 3 rings (SSSR count). The minimum absolute atomic E-state index is 0.204. The molecule has 2 atom stereocenters. The number of hydrogen-bond donors (Lipinski definition) is 0. The van der Waals surface area contributed by atoms with Gasteiger partial charge in [0.2, 0.25) is 0 Å². The molecule has 1 aromatic rings. The van der Waals surface area contributed by atoms with Crippen LogP contribution in [-0.4, -0.2) is 29.5 Å². The standard InChI is InChI=1S/C15H15ClF2O2S/c16-11-6-12(17)10(5-13(11)18)14(19)9-1-3-20-15(7-9)2-4-21-8-15/h5-6,9H,1-4,7-8H2. The summed E-state index contributed by atoms with van der Waals surface area (Å²) in [5.41, 5.74) is -0.463. The van der Waals surface area contributed by atoms with E-state index in [9.17, 15) is 13.6 Å². The van der Waals surface area contributed by atoms with E-state index >= 15 is 0 Å². The summed E-state index contributed by atoms with van der Waals surface area (Å²) in [4.78, 5) is 12.5. The quantitative estimate of drug-likeness (QED) is 0.602. The number of carbonyl (C=O) groups is 1. The Bertz CT molecular complexity index is 573. The number of benzene rings is 1. The summed E-state index contributed by atoms with van der Waals surface area (Å²) in [6.45, 7) is 0.495. The predicted molar refractivity (Wildman–Crippen MR) is 79.0 cm³/mol. The second-order valence-electron chi connectivity index (χ2n) is 5.63. The first kappa shape index (κ1) is 15.3. The molecule has 2 heterocycles. The van der Waals surface area contributed by atoms with Gasteiger partial charge in [0.1, 0.15) is 11.6 Å². The minimum Gasteiger partial charge on any atom is -0.374 e. The van der Waals surface area contributed by atoms with Gasteiger partial charge in [-0.3, -0.25) is 4.79 Å². The molecule has 1 aromatic carbocycles. The maximum absolute atomic E-state index is 13.9. The fourth-order valence-electron chi connectivity index (χ4n) is 3.05. The second-order valence-corrected chi connectivity index (χ2v) is 7.15. The first-order valence-electron chi connectivity index (χ1n) is 6.91. The molecule has 0 saturated carbocycles. The highest BCUT2D eigenvalue weighted by atomic mass is 35.5. The van der Waals surface area contributed by atoms with Gasteiger partial charge in [0.05, 0.1) is 16.2 Å². The van der Waals surface area contributed by atoms with E-state index in [1.807, 2.05) is 11.8 Å². The number of rotatable bonds is 2. The lowest BCUT2D eigenvalue weighted by Crippen LogP contribution is -2.42. The molecule has 0 aromatic heterocycles. The predicted octanol–water partition coefficient (Wildman–Crippen LogP) is 4.10. The van der Waals surface area contributed by atoms with Crippen LogP contribution in [0.15, 0.2) is 12.1 Å². The molecule has 2 aliphatic rings. The van der Waals surface area contributed by atoms with Crippen LogP contribution in [-0.2, 0) is 4.74 Å². The average molecular weight is 333 g/mol. The largest absolute Gasteiger partial charge is 0.374 e. The summed E-state index contributed by atoms with van der Waals surface area (Å²) >= 11 is 7.33. The van der Waals surface area contributed by atoms with Crippen molar-refractivity contribution in [3.63, 3.8) is 0 Å². The fraction of sp³-hybridized carbons (Fsp3) is 0.533. The fourth-order valence-corrected chi connectivity index (χ4v) is 4.57.